The Labute approximate surface area is 142 Å². The highest BCUT2D eigenvalue weighted by Gasteiger charge is 2.16. The van der Waals surface area contributed by atoms with E-state index in [-0.39, 0.29) is 10.7 Å². The van der Waals surface area contributed by atoms with E-state index in [2.05, 4.69) is 20.1 Å². The first-order chi connectivity index (χ1) is 11.3. The fraction of sp³-hybridized carbons (Fsp3) is 0.143. The van der Waals surface area contributed by atoms with Crippen molar-refractivity contribution >= 4 is 25.6 Å². The number of nitrogens with two attached hydrogens (primary N) is 1. The molecule has 0 fully saturated rings. The average molecular weight is 365 g/mol. The van der Waals surface area contributed by atoms with E-state index in [0.29, 0.717) is 22.8 Å². The minimum absolute atomic E-state index is 0.0131. The molecule has 2 N–H and O–H groups in total. The summed E-state index contributed by atoms with van der Waals surface area (Å²) in [6.07, 6.45) is 2.99. The van der Waals surface area contributed by atoms with E-state index in [0.717, 1.165) is 5.56 Å². The average Bonchev–Trinajstić information content (AvgIpc) is 2.93. The zero-order valence-electron chi connectivity index (χ0n) is 12.8. The molecule has 8 nitrogen and oxygen atoms in total. The van der Waals surface area contributed by atoms with Crippen LogP contribution in [0, 0.1) is 6.92 Å². The standard InChI is InChI=1S/C14H13ClN6O2S/c1-8-3-4-9(24(15,22)23)5-10(8)11-6-17-13(16)12(19-11)14-18-7-21(2)20-14/h3-7H,1-2H3,(H2,16,17). The van der Waals surface area contributed by atoms with Crippen LogP contribution in [0.1, 0.15) is 5.56 Å². The number of aromatic nitrogens is 5. The predicted molar refractivity (Wildman–Crippen MR) is 89.7 cm³/mol. The predicted octanol–water partition coefficient (Wildman–Crippen LogP) is 1.76. The van der Waals surface area contributed by atoms with Gasteiger partial charge in [0.1, 0.15) is 6.33 Å². The quantitative estimate of drug-likeness (QED) is 0.703. The summed E-state index contributed by atoms with van der Waals surface area (Å²) < 4.78 is 24.6. The molecule has 0 aliphatic heterocycles. The first kappa shape index (κ1) is 16.3. The smallest absolute Gasteiger partial charge is 0.261 e. The van der Waals surface area contributed by atoms with Crippen LogP contribution in [0.4, 0.5) is 5.82 Å². The van der Waals surface area contributed by atoms with Crippen LogP contribution in [0.15, 0.2) is 35.6 Å². The molecule has 2 aromatic heterocycles. The fourth-order valence-corrected chi connectivity index (χ4v) is 2.95. The molecule has 0 aliphatic rings. The molecule has 2 heterocycles. The Hall–Kier alpha value is -2.52. The first-order valence-electron chi connectivity index (χ1n) is 6.80. The Morgan fingerprint density at radius 1 is 1.25 bits per heavy atom. The van der Waals surface area contributed by atoms with Crippen LogP contribution in [-0.2, 0) is 16.1 Å². The second-order valence-corrected chi connectivity index (χ2v) is 7.71. The summed E-state index contributed by atoms with van der Waals surface area (Å²) in [6.45, 7) is 1.83. The molecule has 0 atom stereocenters. The Kier molecular flexibility index (Phi) is 3.98. The van der Waals surface area contributed by atoms with Crippen molar-refractivity contribution in [3.63, 3.8) is 0 Å². The van der Waals surface area contributed by atoms with Gasteiger partial charge in [0.05, 0.1) is 16.8 Å². The van der Waals surface area contributed by atoms with E-state index in [1.54, 1.807) is 13.1 Å². The maximum Gasteiger partial charge on any atom is 0.261 e. The van der Waals surface area contributed by atoms with Crippen molar-refractivity contribution in [3.05, 3.63) is 36.3 Å². The van der Waals surface area contributed by atoms with Gasteiger partial charge in [-0.25, -0.2) is 23.4 Å². The van der Waals surface area contributed by atoms with E-state index in [9.17, 15) is 8.42 Å². The molecule has 3 aromatic rings. The van der Waals surface area contributed by atoms with Crippen LogP contribution in [0.5, 0.6) is 0 Å². The number of aryl methyl sites for hydroxylation is 2. The molecule has 0 aliphatic carbocycles. The SMILES string of the molecule is Cc1ccc(S(=O)(=O)Cl)cc1-c1cnc(N)c(-c2ncn(C)n2)n1. The van der Waals surface area contributed by atoms with Gasteiger partial charge >= 0.3 is 0 Å². The Bertz CT molecular complexity index is 1030. The summed E-state index contributed by atoms with van der Waals surface area (Å²) in [5.74, 6) is 0.520. The van der Waals surface area contributed by atoms with Crippen molar-refractivity contribution in [2.24, 2.45) is 7.05 Å². The van der Waals surface area contributed by atoms with Crippen molar-refractivity contribution in [2.75, 3.05) is 5.73 Å². The third kappa shape index (κ3) is 3.08. The summed E-state index contributed by atoms with van der Waals surface area (Å²) in [5, 5.41) is 4.16. The molecule has 0 unspecified atom stereocenters. The summed E-state index contributed by atoms with van der Waals surface area (Å²) in [7, 11) is 3.30. The lowest BCUT2D eigenvalue weighted by molar-refractivity contribution is 0.609. The van der Waals surface area contributed by atoms with Crippen molar-refractivity contribution in [1.82, 2.24) is 24.7 Å². The molecule has 3 rings (SSSR count). The molecule has 0 saturated heterocycles. The summed E-state index contributed by atoms with van der Waals surface area (Å²) in [6, 6.07) is 4.54. The van der Waals surface area contributed by atoms with E-state index < -0.39 is 9.05 Å². The molecule has 24 heavy (non-hydrogen) atoms. The molecule has 0 saturated carbocycles. The van der Waals surface area contributed by atoms with Crippen molar-refractivity contribution in [3.8, 4) is 22.8 Å². The minimum atomic E-state index is -3.85. The van der Waals surface area contributed by atoms with Gasteiger partial charge in [-0.3, -0.25) is 4.68 Å². The normalized spacial score (nSPS) is 11.6. The summed E-state index contributed by atoms with van der Waals surface area (Å²) in [5.41, 5.74) is 8.04. The number of hydrogen-bond acceptors (Lipinski definition) is 7. The molecular formula is C14H13ClN6O2S. The highest BCUT2D eigenvalue weighted by atomic mass is 35.7. The highest BCUT2D eigenvalue weighted by Crippen LogP contribution is 2.28. The largest absolute Gasteiger partial charge is 0.382 e. The number of hydrogen-bond donors (Lipinski definition) is 1. The lowest BCUT2D eigenvalue weighted by atomic mass is 10.1. The number of nitrogens with zero attached hydrogens (tertiary/aromatic N) is 5. The Morgan fingerprint density at radius 2 is 2.00 bits per heavy atom. The fourth-order valence-electron chi connectivity index (χ4n) is 2.17. The van der Waals surface area contributed by atoms with Crippen LogP contribution >= 0.6 is 10.7 Å². The van der Waals surface area contributed by atoms with Gasteiger partial charge in [0.2, 0.25) is 5.82 Å². The van der Waals surface area contributed by atoms with Gasteiger partial charge in [-0.2, -0.15) is 0 Å². The molecule has 0 radical (unpaired) electrons. The summed E-state index contributed by atoms with van der Waals surface area (Å²) >= 11 is 0. The lowest BCUT2D eigenvalue weighted by Gasteiger charge is -2.09. The third-order valence-electron chi connectivity index (χ3n) is 3.38. The summed E-state index contributed by atoms with van der Waals surface area (Å²) in [4.78, 5) is 12.7. The van der Waals surface area contributed by atoms with Crippen molar-refractivity contribution in [1.29, 1.82) is 0 Å². The van der Waals surface area contributed by atoms with Crippen LogP contribution in [0.3, 0.4) is 0 Å². The topological polar surface area (TPSA) is 117 Å². The number of anilines is 1. The molecule has 1 aromatic carbocycles. The second-order valence-electron chi connectivity index (χ2n) is 5.15. The Balaban J connectivity index is 2.17. The van der Waals surface area contributed by atoms with Crippen LogP contribution in [-0.4, -0.2) is 33.2 Å². The van der Waals surface area contributed by atoms with Crippen LogP contribution < -0.4 is 5.73 Å². The van der Waals surface area contributed by atoms with Crippen molar-refractivity contribution in [2.45, 2.75) is 11.8 Å². The zero-order valence-corrected chi connectivity index (χ0v) is 14.4. The zero-order chi connectivity index (χ0) is 17.5. The minimum Gasteiger partial charge on any atom is -0.382 e. The number of halogens is 1. The Morgan fingerprint density at radius 3 is 2.62 bits per heavy atom. The maximum atomic E-state index is 11.6. The number of benzene rings is 1. The van der Waals surface area contributed by atoms with E-state index in [4.69, 9.17) is 16.4 Å². The lowest BCUT2D eigenvalue weighted by Crippen LogP contribution is -2.02. The van der Waals surface area contributed by atoms with Crippen LogP contribution in [0.25, 0.3) is 22.8 Å². The van der Waals surface area contributed by atoms with Gasteiger partial charge in [-0.15, -0.1) is 5.10 Å². The molecule has 0 bridgehead atoms. The van der Waals surface area contributed by atoms with Crippen molar-refractivity contribution < 1.29 is 8.42 Å². The maximum absolute atomic E-state index is 11.6. The van der Waals surface area contributed by atoms with Gasteiger partial charge in [0, 0.05) is 23.3 Å². The number of rotatable bonds is 3. The van der Waals surface area contributed by atoms with Gasteiger partial charge in [0.25, 0.3) is 9.05 Å². The molecule has 124 valence electrons. The molecule has 10 heteroatoms. The van der Waals surface area contributed by atoms with Gasteiger partial charge in [-0.05, 0) is 24.6 Å². The first-order valence-corrected chi connectivity index (χ1v) is 9.11. The second kappa shape index (κ2) is 5.84. The monoisotopic (exact) mass is 364 g/mol. The third-order valence-corrected chi connectivity index (χ3v) is 4.73. The van der Waals surface area contributed by atoms with E-state index in [1.807, 2.05) is 6.92 Å². The van der Waals surface area contributed by atoms with Gasteiger partial charge < -0.3 is 5.73 Å². The van der Waals surface area contributed by atoms with Gasteiger partial charge in [0.15, 0.2) is 11.5 Å². The van der Waals surface area contributed by atoms with E-state index in [1.165, 1.54) is 29.3 Å². The van der Waals surface area contributed by atoms with Crippen LogP contribution in [0.2, 0.25) is 0 Å². The highest BCUT2D eigenvalue weighted by molar-refractivity contribution is 8.13. The molecule has 0 spiro atoms. The number of nitrogen functional groups attached to an aromatic ring is 1. The van der Waals surface area contributed by atoms with Gasteiger partial charge in [-0.1, -0.05) is 6.07 Å². The molecular weight excluding hydrogens is 352 g/mol. The van der Waals surface area contributed by atoms with E-state index >= 15 is 0 Å². The molecule has 0 amide bonds.